The summed E-state index contributed by atoms with van der Waals surface area (Å²) in [7, 11) is 0. The third-order valence-electron chi connectivity index (χ3n) is 5.06. The second-order valence-corrected chi connectivity index (χ2v) is 6.27. The minimum atomic E-state index is -0.237. The van der Waals surface area contributed by atoms with Gasteiger partial charge < -0.3 is 4.74 Å². The van der Waals surface area contributed by atoms with Crippen molar-refractivity contribution in [3.63, 3.8) is 0 Å². The van der Waals surface area contributed by atoms with E-state index in [4.69, 9.17) is 4.74 Å². The molecule has 3 heteroatoms. The van der Waals surface area contributed by atoms with Gasteiger partial charge in [-0.3, -0.25) is 9.69 Å². The van der Waals surface area contributed by atoms with E-state index < -0.39 is 0 Å². The van der Waals surface area contributed by atoms with Gasteiger partial charge in [0.2, 0.25) is 0 Å². The zero-order valence-electron chi connectivity index (χ0n) is 12.6. The van der Waals surface area contributed by atoms with E-state index in [1.807, 2.05) is 0 Å². The molecule has 0 radical (unpaired) electrons. The van der Waals surface area contributed by atoms with Crippen LogP contribution < -0.4 is 0 Å². The third-order valence-corrected chi connectivity index (χ3v) is 5.06. The highest BCUT2D eigenvalue weighted by molar-refractivity contribution is 5.88. The molecule has 110 valence electrons. The lowest BCUT2D eigenvalue weighted by molar-refractivity contribution is -0.132. The topological polar surface area (TPSA) is 29.5 Å². The van der Waals surface area contributed by atoms with Gasteiger partial charge in [0.15, 0.2) is 5.78 Å². The molecule has 2 saturated heterocycles. The van der Waals surface area contributed by atoms with E-state index in [0.717, 1.165) is 45.4 Å². The van der Waals surface area contributed by atoms with E-state index in [1.54, 1.807) is 0 Å². The fourth-order valence-corrected chi connectivity index (χ4v) is 3.42. The van der Waals surface area contributed by atoms with Crippen molar-refractivity contribution < 1.29 is 9.53 Å². The summed E-state index contributed by atoms with van der Waals surface area (Å²) in [5.41, 5.74) is -0.237. The smallest absolute Gasteiger partial charge is 0.152 e. The number of ether oxygens (including phenoxy) is 1. The second kappa shape index (κ2) is 6.85. The number of hydrogen-bond donors (Lipinski definition) is 0. The lowest BCUT2D eigenvalue weighted by atomic mass is 9.86. The summed E-state index contributed by atoms with van der Waals surface area (Å²) in [6.07, 6.45) is 8.98. The number of carbonyl (C=O) groups is 1. The first-order valence-corrected chi connectivity index (χ1v) is 8.07. The molecular weight excluding hydrogens is 238 g/mol. The fraction of sp³-hybridized carbons (Fsp3) is 0.938. The predicted molar refractivity (Wildman–Crippen MR) is 77.3 cm³/mol. The molecule has 0 aliphatic carbocycles. The Morgan fingerprint density at radius 3 is 2.58 bits per heavy atom. The van der Waals surface area contributed by atoms with Gasteiger partial charge in [0.05, 0.1) is 11.6 Å². The van der Waals surface area contributed by atoms with Crippen LogP contribution in [-0.4, -0.2) is 42.0 Å². The van der Waals surface area contributed by atoms with E-state index in [2.05, 4.69) is 18.7 Å². The Morgan fingerprint density at radius 2 is 2.00 bits per heavy atom. The normalized spacial score (nSPS) is 28.2. The molecule has 2 rings (SSSR count). The monoisotopic (exact) mass is 267 g/mol. The SMILES string of the molecule is CCC(C)(C(=O)CCC1CCCO1)N1CCCCC1. The molecule has 2 aliphatic heterocycles. The summed E-state index contributed by atoms with van der Waals surface area (Å²) in [6, 6.07) is 0. The second-order valence-electron chi connectivity index (χ2n) is 6.27. The standard InChI is InChI=1S/C16H29NO2/c1-3-16(2,17-11-5-4-6-12-17)15(18)10-9-14-8-7-13-19-14/h14H,3-13H2,1-2H3. The molecular formula is C16H29NO2. The van der Waals surface area contributed by atoms with Gasteiger partial charge in [-0.15, -0.1) is 0 Å². The van der Waals surface area contributed by atoms with Crippen molar-refractivity contribution in [2.75, 3.05) is 19.7 Å². The first-order valence-electron chi connectivity index (χ1n) is 8.07. The van der Waals surface area contributed by atoms with Crippen LogP contribution in [0.15, 0.2) is 0 Å². The Balaban J connectivity index is 1.88. The van der Waals surface area contributed by atoms with Crippen LogP contribution in [0.3, 0.4) is 0 Å². The van der Waals surface area contributed by atoms with Crippen LogP contribution in [-0.2, 0) is 9.53 Å². The average molecular weight is 267 g/mol. The maximum absolute atomic E-state index is 12.7. The van der Waals surface area contributed by atoms with Gasteiger partial charge in [-0.2, -0.15) is 0 Å². The van der Waals surface area contributed by atoms with Gasteiger partial charge >= 0.3 is 0 Å². The first-order chi connectivity index (χ1) is 9.16. The van der Waals surface area contributed by atoms with Gasteiger partial charge in [-0.25, -0.2) is 0 Å². The number of piperidine rings is 1. The highest BCUT2D eigenvalue weighted by Crippen LogP contribution is 2.28. The molecule has 19 heavy (non-hydrogen) atoms. The highest BCUT2D eigenvalue weighted by atomic mass is 16.5. The van der Waals surface area contributed by atoms with Crippen molar-refractivity contribution in [1.29, 1.82) is 0 Å². The summed E-state index contributed by atoms with van der Waals surface area (Å²) in [5, 5.41) is 0. The molecule has 0 saturated carbocycles. The minimum absolute atomic E-state index is 0.237. The van der Waals surface area contributed by atoms with Crippen molar-refractivity contribution >= 4 is 5.78 Å². The van der Waals surface area contributed by atoms with Crippen LogP contribution in [0.1, 0.15) is 65.2 Å². The van der Waals surface area contributed by atoms with Crippen LogP contribution in [0.25, 0.3) is 0 Å². The number of hydrogen-bond acceptors (Lipinski definition) is 3. The molecule has 3 nitrogen and oxygen atoms in total. The minimum Gasteiger partial charge on any atom is -0.378 e. The van der Waals surface area contributed by atoms with Gasteiger partial charge in [0.25, 0.3) is 0 Å². The summed E-state index contributed by atoms with van der Waals surface area (Å²) < 4.78 is 5.63. The highest BCUT2D eigenvalue weighted by Gasteiger charge is 2.37. The quantitative estimate of drug-likeness (QED) is 0.740. The number of rotatable bonds is 6. The molecule has 2 heterocycles. The van der Waals surface area contributed by atoms with E-state index in [9.17, 15) is 4.79 Å². The van der Waals surface area contributed by atoms with E-state index in [-0.39, 0.29) is 5.54 Å². The summed E-state index contributed by atoms with van der Waals surface area (Å²) in [5.74, 6) is 0.424. The molecule has 2 fully saturated rings. The van der Waals surface area contributed by atoms with E-state index in [1.165, 1.54) is 19.3 Å². The zero-order valence-corrected chi connectivity index (χ0v) is 12.6. The van der Waals surface area contributed by atoms with Crippen molar-refractivity contribution in [2.24, 2.45) is 0 Å². The van der Waals surface area contributed by atoms with Gasteiger partial charge in [0.1, 0.15) is 0 Å². The van der Waals surface area contributed by atoms with Crippen molar-refractivity contribution in [3.05, 3.63) is 0 Å². The number of Topliss-reactive ketones (excluding diaryl/α,β-unsaturated/α-hetero) is 1. The summed E-state index contributed by atoms with van der Waals surface area (Å²) in [6.45, 7) is 7.37. The maximum Gasteiger partial charge on any atom is 0.152 e. The average Bonchev–Trinajstić information content (AvgIpc) is 2.98. The molecule has 0 N–H and O–H groups in total. The lowest BCUT2D eigenvalue weighted by Crippen LogP contribution is -2.54. The number of likely N-dealkylation sites (tertiary alicyclic amines) is 1. The van der Waals surface area contributed by atoms with Gasteiger partial charge in [-0.1, -0.05) is 13.3 Å². The van der Waals surface area contributed by atoms with Gasteiger partial charge in [-0.05, 0) is 58.5 Å². The Kier molecular flexibility index (Phi) is 5.40. The Bertz CT molecular complexity index is 293. The molecule has 0 aromatic rings. The van der Waals surface area contributed by atoms with Crippen molar-refractivity contribution in [3.8, 4) is 0 Å². The molecule has 0 aromatic carbocycles. The van der Waals surface area contributed by atoms with Crippen LogP contribution in [0.2, 0.25) is 0 Å². The molecule has 2 atom stereocenters. The number of ketones is 1. The van der Waals surface area contributed by atoms with Crippen molar-refractivity contribution in [2.45, 2.75) is 76.9 Å². The van der Waals surface area contributed by atoms with E-state index in [0.29, 0.717) is 18.3 Å². The number of carbonyl (C=O) groups excluding carboxylic acids is 1. The Labute approximate surface area is 117 Å². The molecule has 0 spiro atoms. The summed E-state index contributed by atoms with van der Waals surface area (Å²) in [4.78, 5) is 15.1. The molecule has 0 aromatic heterocycles. The van der Waals surface area contributed by atoms with Crippen LogP contribution in [0.5, 0.6) is 0 Å². The fourth-order valence-electron chi connectivity index (χ4n) is 3.42. The largest absolute Gasteiger partial charge is 0.378 e. The Hall–Kier alpha value is -0.410. The first kappa shape index (κ1) is 15.0. The maximum atomic E-state index is 12.7. The predicted octanol–water partition coefficient (Wildman–Crippen LogP) is 3.17. The molecule has 2 unspecified atom stereocenters. The molecule has 0 amide bonds. The van der Waals surface area contributed by atoms with Crippen LogP contribution >= 0.6 is 0 Å². The lowest BCUT2D eigenvalue weighted by Gasteiger charge is -2.42. The summed E-state index contributed by atoms with van der Waals surface area (Å²) >= 11 is 0. The van der Waals surface area contributed by atoms with Crippen molar-refractivity contribution in [1.82, 2.24) is 4.90 Å². The zero-order chi connectivity index (χ0) is 13.7. The van der Waals surface area contributed by atoms with Crippen LogP contribution in [0.4, 0.5) is 0 Å². The van der Waals surface area contributed by atoms with E-state index >= 15 is 0 Å². The van der Waals surface area contributed by atoms with Gasteiger partial charge in [0, 0.05) is 13.0 Å². The number of nitrogens with zero attached hydrogens (tertiary/aromatic N) is 1. The van der Waals surface area contributed by atoms with Crippen LogP contribution in [0, 0.1) is 0 Å². The Morgan fingerprint density at radius 1 is 1.26 bits per heavy atom. The molecule has 2 aliphatic rings. The molecule has 0 bridgehead atoms. The third kappa shape index (κ3) is 3.57.